The number of carboxylic acid groups (broad SMARTS) is 1. The number of amides is 4. The number of methoxy groups -OCH3 is 1. The van der Waals surface area contributed by atoms with Gasteiger partial charge in [-0.25, -0.2) is 27.7 Å². The van der Waals surface area contributed by atoms with Crippen LogP contribution >= 0.6 is 58.4 Å². The van der Waals surface area contributed by atoms with Crippen LogP contribution in [0.2, 0.25) is 5.02 Å². The number of fused-ring (bicyclic) bond motifs is 2. The van der Waals surface area contributed by atoms with Crippen LogP contribution in [0.3, 0.4) is 0 Å². The molecular formula is C92H114ClN11O16S5. The first kappa shape index (κ1) is 98.6. The molecule has 0 aliphatic carbocycles. The molecule has 10 rings (SSSR count). The summed E-state index contributed by atoms with van der Waals surface area (Å²) in [5.74, 6) is -0.950. The molecule has 5 N–H and O–H groups in total. The summed E-state index contributed by atoms with van der Waals surface area (Å²) in [6, 6.07) is 38.4. The number of para-hydroxylation sites is 2. The Kier molecular flexibility index (Phi) is 39.6. The van der Waals surface area contributed by atoms with Crippen LogP contribution in [0.1, 0.15) is 214 Å². The van der Waals surface area contributed by atoms with Gasteiger partial charge in [-0.1, -0.05) is 232 Å². The number of nitrogens with one attached hydrogen (secondary N) is 2. The molecule has 0 bridgehead atoms. The minimum absolute atomic E-state index is 0.0170. The molecule has 8 aromatic carbocycles. The van der Waals surface area contributed by atoms with Crippen LogP contribution in [0.4, 0.5) is 32.3 Å². The fourth-order valence-electron chi connectivity index (χ4n) is 13.8. The van der Waals surface area contributed by atoms with Crippen molar-refractivity contribution < 1.29 is 76.2 Å². The van der Waals surface area contributed by atoms with E-state index in [4.69, 9.17) is 35.3 Å². The number of sulfonamides is 1. The normalized spacial score (nSPS) is 11.8. The zero-order chi connectivity index (χ0) is 90.0. The predicted octanol–water partition coefficient (Wildman–Crippen LogP) is 22.4. The van der Waals surface area contributed by atoms with Gasteiger partial charge in [0.1, 0.15) is 39.7 Å². The number of phenolic OH excluding ortho intramolecular Hbond substituents is 2. The first-order valence-corrected chi connectivity index (χ1v) is 48.0. The second-order valence-corrected chi connectivity index (χ2v) is 36.6. The van der Waals surface area contributed by atoms with Gasteiger partial charge in [-0.2, -0.15) is 8.68 Å². The molecule has 2 heterocycles. The first-order valence-electron chi connectivity index (χ1n) is 42.6. The third-order valence-corrected chi connectivity index (χ3v) is 27.1. The molecule has 27 nitrogen and oxygen atoms in total. The molecule has 2 aromatic heterocycles. The molecule has 33 heteroatoms. The van der Waals surface area contributed by atoms with Crippen molar-refractivity contribution in [3.05, 3.63) is 172 Å². The van der Waals surface area contributed by atoms with Gasteiger partial charge in [0.15, 0.2) is 4.34 Å². The molecule has 0 saturated carbocycles. The van der Waals surface area contributed by atoms with Crippen LogP contribution < -0.4 is 39.4 Å². The molecule has 0 aliphatic heterocycles. The highest BCUT2D eigenvalue weighted by Crippen LogP contribution is 2.41. The number of benzene rings is 8. The van der Waals surface area contributed by atoms with Gasteiger partial charge >= 0.3 is 24.1 Å². The highest BCUT2D eigenvalue weighted by Gasteiger charge is 2.29. The Labute approximate surface area is 754 Å². The van der Waals surface area contributed by atoms with E-state index >= 15 is 0 Å². The first-order chi connectivity index (χ1) is 60.3. The maximum Gasteiger partial charge on any atom is 0.419 e. The summed E-state index contributed by atoms with van der Waals surface area (Å²) >= 11 is 11.3. The Balaban J connectivity index is 0.000000287. The number of aliphatic carboxylic acids is 1. The lowest BCUT2D eigenvalue weighted by Crippen LogP contribution is -2.31. The number of ether oxygens (including phenoxy) is 5. The molecule has 2 atom stereocenters. The van der Waals surface area contributed by atoms with Gasteiger partial charge in [-0.05, 0) is 158 Å². The number of carbonyl (C=O) groups excluding carboxylic acids is 5. The molecule has 0 fully saturated rings. The maximum absolute atomic E-state index is 13.9. The number of anilines is 4. The third-order valence-electron chi connectivity index (χ3n) is 20.8. The Morgan fingerprint density at radius 2 is 1.14 bits per heavy atom. The number of hydrogen-bond acceptors (Lipinski definition) is 24. The van der Waals surface area contributed by atoms with Crippen LogP contribution in [-0.2, 0) is 42.4 Å². The molecule has 670 valence electrons. The number of aryl methyl sites for hydroxylation is 2. The van der Waals surface area contributed by atoms with E-state index in [2.05, 4.69) is 56.3 Å². The van der Waals surface area contributed by atoms with Gasteiger partial charge in [0.05, 0.1) is 58.6 Å². The summed E-state index contributed by atoms with van der Waals surface area (Å²) in [5, 5.41) is 52.8. The Morgan fingerprint density at radius 1 is 0.592 bits per heavy atom. The van der Waals surface area contributed by atoms with E-state index in [1.54, 1.807) is 117 Å². The number of carbonyl (C=O) groups is 6. The standard InChI is InChI=1S/C50H65N5O9S4.C42H49ClN6O7S/c1-7-10-11-12-13-14-15-16-17-18-19-22-32-63-44-27-21-20-25-41(44)51-46(57)40-30-29-38-39(45(40)56)24-23-26-42(38)54(5)50(59)64-43-31-28-37(68(60,61)55(8-2)9-3)33-36(43)34-65-49-52-48(53-67-49)66-35(4)47(58)62-6;1-5-7-9-10-12-30(17-22-38(50)51)55-37-20-15-27(3)24-34(37)44-40(53)33-19-18-31-32(39(33)52)13-11-14-35(31)48(4)42(54)56-36-21-16-29(43)25-28(36)26-57-41-45-46-47-49(41)23-8-6-2/h20-21,23-31,33,35,56H,7-19,22,32,34H2,1-6H3,(H,51,57);11,13-16,18-21,24-25,30,52H,5-10,12,17,22-23,26H2,1-4H3,(H,44,53)(H,50,51). The second-order valence-electron chi connectivity index (χ2n) is 30.0. The number of nitrogens with zero attached hydrogens (tertiary/aromatic N) is 9. The van der Waals surface area contributed by atoms with Crippen molar-refractivity contribution in [2.24, 2.45) is 0 Å². The Hall–Kier alpha value is -10.2. The number of unbranched alkanes of at least 4 members (excludes halogenated alkanes) is 15. The molecular weight excluding hydrogens is 1710 g/mol. The van der Waals surface area contributed by atoms with Crippen molar-refractivity contribution in [1.82, 2.24) is 33.9 Å². The number of rotatable bonds is 48. The average Bonchev–Trinajstić information content (AvgIpc) is 1.53. The lowest BCUT2D eigenvalue weighted by atomic mass is 10.0. The van der Waals surface area contributed by atoms with Gasteiger partial charge in [0.25, 0.3) is 11.8 Å². The number of aromatic nitrogens is 6. The van der Waals surface area contributed by atoms with Crippen LogP contribution in [-0.4, -0.2) is 146 Å². The predicted molar refractivity (Wildman–Crippen MR) is 497 cm³/mol. The second kappa shape index (κ2) is 50.2. The summed E-state index contributed by atoms with van der Waals surface area (Å²) in [7, 11) is 0.538. The topological polar surface area (TPSA) is 347 Å². The van der Waals surface area contributed by atoms with Crippen molar-refractivity contribution in [3.63, 3.8) is 0 Å². The SMILES string of the molecule is CCCCCCC(CCC(=O)O)Oc1ccc(C)cc1NC(=O)c1ccc2c(N(C)C(=O)Oc3ccc(Cl)cc3CSc3nnnn3CCCC)cccc2c1O.CCCCCCCCCCCCCCOc1ccccc1NC(=O)c1ccc2c(N(C)C(=O)Oc3ccc(S(=O)(=O)N(CC)CC)cc3CSc3nc(SC(C)C(=O)OC)ns3)cccc2c1O. The zero-order valence-electron chi connectivity index (χ0n) is 72.6. The highest BCUT2D eigenvalue weighted by atomic mass is 35.5. The molecule has 2 unspecified atom stereocenters. The number of hydrogen-bond donors (Lipinski definition) is 5. The van der Waals surface area contributed by atoms with Crippen molar-refractivity contribution in [2.45, 2.75) is 232 Å². The van der Waals surface area contributed by atoms with Crippen molar-refractivity contribution in [1.29, 1.82) is 0 Å². The van der Waals surface area contributed by atoms with Crippen molar-refractivity contribution >= 4 is 149 Å². The number of thioether (sulfide) groups is 3. The summed E-state index contributed by atoms with van der Waals surface area (Å²) in [4.78, 5) is 85.5. The van der Waals surface area contributed by atoms with Gasteiger partial charge in [-0.3, -0.25) is 29.0 Å². The minimum Gasteiger partial charge on any atom is -0.506 e. The van der Waals surface area contributed by atoms with Crippen molar-refractivity contribution in [3.8, 4) is 34.5 Å². The number of carboxylic acids is 1. The molecule has 0 spiro atoms. The quantitative estimate of drug-likeness (QED) is 0.0134. The number of halogens is 1. The number of tetrazole rings is 1. The molecule has 10 aromatic rings. The largest absolute Gasteiger partial charge is 0.506 e. The molecule has 4 amide bonds. The monoisotopic (exact) mass is 1820 g/mol. The fourth-order valence-corrected chi connectivity index (χ4v) is 18.9. The minimum atomic E-state index is -3.86. The zero-order valence-corrected chi connectivity index (χ0v) is 77.5. The molecule has 0 saturated heterocycles. The van der Waals surface area contributed by atoms with E-state index < -0.39 is 51.2 Å². The van der Waals surface area contributed by atoms with E-state index in [1.807, 2.05) is 31.2 Å². The fraction of sp³-hybridized carbons (Fsp3) is 0.424. The van der Waals surface area contributed by atoms with Gasteiger partial charge in [0.2, 0.25) is 20.3 Å². The lowest BCUT2D eigenvalue weighted by Gasteiger charge is -2.22. The molecule has 0 aliphatic rings. The van der Waals surface area contributed by atoms with Gasteiger partial charge < -0.3 is 49.6 Å². The van der Waals surface area contributed by atoms with E-state index in [1.165, 1.54) is 146 Å². The summed E-state index contributed by atoms with van der Waals surface area (Å²) in [6.45, 7) is 15.3. The van der Waals surface area contributed by atoms with Gasteiger partial charge in [0, 0.05) is 89.4 Å². The van der Waals surface area contributed by atoms with E-state index in [0.29, 0.717) is 124 Å². The third kappa shape index (κ3) is 28.6. The van der Waals surface area contributed by atoms with Crippen LogP contribution in [0, 0.1) is 6.92 Å². The van der Waals surface area contributed by atoms with Crippen LogP contribution in [0.15, 0.2) is 159 Å². The van der Waals surface area contributed by atoms with Gasteiger partial charge in [-0.15, -0.1) is 5.10 Å². The smallest absolute Gasteiger partial charge is 0.419 e. The number of esters is 1. The summed E-state index contributed by atoms with van der Waals surface area (Å²) in [6.07, 6.45) is 20.2. The van der Waals surface area contributed by atoms with Crippen LogP contribution in [0.25, 0.3) is 21.5 Å². The Bertz CT molecular complexity index is 5390. The lowest BCUT2D eigenvalue weighted by molar-refractivity contribution is -0.140. The highest BCUT2D eigenvalue weighted by molar-refractivity contribution is 8.01. The number of phenols is 2. The van der Waals surface area contributed by atoms with E-state index in [0.717, 1.165) is 80.2 Å². The Morgan fingerprint density at radius 3 is 1.74 bits per heavy atom. The van der Waals surface area contributed by atoms with Crippen molar-refractivity contribution in [2.75, 3.05) is 61.3 Å². The molecule has 125 heavy (non-hydrogen) atoms. The summed E-state index contributed by atoms with van der Waals surface area (Å²) < 4.78 is 64.2. The average molecular weight is 1830 g/mol. The summed E-state index contributed by atoms with van der Waals surface area (Å²) in [5.41, 5.74) is 3.75. The van der Waals surface area contributed by atoms with E-state index in [9.17, 15) is 52.5 Å². The number of aromatic hydroxyl groups is 2. The molecule has 0 radical (unpaired) electrons. The van der Waals surface area contributed by atoms with Crippen LogP contribution in [0.5, 0.6) is 34.5 Å². The maximum atomic E-state index is 13.9. The van der Waals surface area contributed by atoms with E-state index in [-0.39, 0.29) is 64.6 Å².